The molecular formula is CH3F3O3SSn. The quantitative estimate of drug-likeness (QED) is 0.366. The third-order valence-electron chi connectivity index (χ3n) is 0.292. The van der Waals surface area contributed by atoms with Crippen molar-refractivity contribution in [3.8, 4) is 0 Å². The third kappa shape index (κ3) is 3.98. The van der Waals surface area contributed by atoms with Crippen molar-refractivity contribution >= 4 is 34.0 Å². The van der Waals surface area contributed by atoms with Crippen molar-refractivity contribution in [3.05, 3.63) is 0 Å². The van der Waals surface area contributed by atoms with Gasteiger partial charge in [0.05, 0.1) is 0 Å². The zero-order valence-corrected chi connectivity index (χ0v) is 8.87. The maximum absolute atomic E-state index is 10.7. The summed E-state index contributed by atoms with van der Waals surface area (Å²) >= 11 is 0. The van der Waals surface area contributed by atoms with Gasteiger partial charge in [-0.1, -0.05) is 0 Å². The SMILES string of the molecule is O=S(=O)(O)C(F)(F)F.[SnH2]. The summed E-state index contributed by atoms with van der Waals surface area (Å²) < 4.78 is 57.5. The van der Waals surface area contributed by atoms with Crippen LogP contribution in [0.1, 0.15) is 0 Å². The third-order valence-corrected chi connectivity index (χ3v) is 0.877. The van der Waals surface area contributed by atoms with Gasteiger partial charge in [-0.05, 0) is 0 Å². The van der Waals surface area contributed by atoms with Crippen molar-refractivity contribution in [1.82, 2.24) is 0 Å². The van der Waals surface area contributed by atoms with Crippen molar-refractivity contribution in [2.45, 2.75) is 5.51 Å². The van der Waals surface area contributed by atoms with Crippen molar-refractivity contribution in [2.75, 3.05) is 0 Å². The fraction of sp³-hybridized carbons (Fsp3) is 1.00. The molecule has 0 atom stereocenters. The first-order valence-corrected chi connectivity index (χ1v) is 2.73. The predicted octanol–water partition coefficient (Wildman–Crippen LogP) is -0.522. The summed E-state index contributed by atoms with van der Waals surface area (Å²) in [6.45, 7) is 0. The molecule has 0 amide bonds. The Balaban J connectivity index is 0. The molecular weight excluding hydrogens is 268 g/mol. The Bertz CT molecular complexity index is 168. The molecule has 0 aromatic heterocycles. The maximum atomic E-state index is 10.7. The predicted molar refractivity (Wildman–Crippen MR) is 26.1 cm³/mol. The first-order valence-electron chi connectivity index (χ1n) is 1.29. The molecule has 0 aliphatic rings. The number of rotatable bonds is 0. The molecule has 0 aromatic rings. The monoisotopic (exact) mass is 272 g/mol. The molecule has 8 heteroatoms. The van der Waals surface area contributed by atoms with Crippen molar-refractivity contribution < 1.29 is 26.1 Å². The average Bonchev–Trinajstić information content (AvgIpc) is 1.25. The molecule has 3 nitrogen and oxygen atoms in total. The van der Waals surface area contributed by atoms with E-state index in [1.165, 1.54) is 0 Å². The van der Waals surface area contributed by atoms with Crippen LogP contribution in [0.3, 0.4) is 0 Å². The summed E-state index contributed by atoms with van der Waals surface area (Å²) in [5.74, 6) is 0. The van der Waals surface area contributed by atoms with Gasteiger partial charge in [0.25, 0.3) is 0 Å². The number of halogens is 3. The van der Waals surface area contributed by atoms with E-state index in [9.17, 15) is 13.2 Å². The van der Waals surface area contributed by atoms with Crippen LogP contribution < -0.4 is 0 Å². The minimum absolute atomic E-state index is 0. The second-order valence-corrected chi connectivity index (χ2v) is 2.33. The Morgan fingerprint density at radius 2 is 1.33 bits per heavy atom. The molecule has 0 aliphatic carbocycles. The summed E-state index contributed by atoms with van der Waals surface area (Å²) in [7, 11) is -5.84. The van der Waals surface area contributed by atoms with Crippen LogP contribution in [0, 0.1) is 0 Å². The Kier molecular flexibility index (Phi) is 4.15. The van der Waals surface area contributed by atoms with Gasteiger partial charge in [-0.3, -0.25) is 4.55 Å². The number of hydrogen-bond donors (Lipinski definition) is 1. The molecule has 0 aliphatic heterocycles. The van der Waals surface area contributed by atoms with Gasteiger partial charge in [0, 0.05) is 0 Å². The molecule has 0 unspecified atom stereocenters. The van der Waals surface area contributed by atoms with Gasteiger partial charge in [-0.2, -0.15) is 21.6 Å². The van der Waals surface area contributed by atoms with E-state index in [0.717, 1.165) is 0 Å². The number of hydrogen-bond acceptors (Lipinski definition) is 2. The zero-order valence-electron chi connectivity index (χ0n) is 4.01. The molecule has 56 valence electrons. The van der Waals surface area contributed by atoms with Crippen LogP contribution in [0.2, 0.25) is 0 Å². The Labute approximate surface area is 65.9 Å². The van der Waals surface area contributed by atoms with Crippen LogP contribution in [0.5, 0.6) is 0 Å². The van der Waals surface area contributed by atoms with E-state index in [1.807, 2.05) is 0 Å². The van der Waals surface area contributed by atoms with E-state index in [2.05, 4.69) is 0 Å². The van der Waals surface area contributed by atoms with Crippen LogP contribution in [-0.4, -0.2) is 42.4 Å². The molecule has 0 aromatic carbocycles. The van der Waals surface area contributed by atoms with Crippen molar-refractivity contribution in [3.63, 3.8) is 0 Å². The summed E-state index contributed by atoms with van der Waals surface area (Å²) in [6.07, 6.45) is 0. The molecule has 9 heavy (non-hydrogen) atoms. The van der Waals surface area contributed by atoms with E-state index >= 15 is 0 Å². The number of alkyl halides is 3. The topological polar surface area (TPSA) is 54.4 Å². The van der Waals surface area contributed by atoms with Gasteiger partial charge in [0.15, 0.2) is 0 Å². The van der Waals surface area contributed by atoms with Crippen molar-refractivity contribution in [2.24, 2.45) is 0 Å². The molecule has 0 saturated carbocycles. The minimum atomic E-state index is -5.84. The Morgan fingerprint density at radius 3 is 1.33 bits per heavy atom. The molecule has 0 saturated heterocycles. The van der Waals surface area contributed by atoms with Gasteiger partial charge in [-0.15, -0.1) is 0 Å². The van der Waals surface area contributed by atoms with Crippen LogP contribution >= 0.6 is 0 Å². The van der Waals surface area contributed by atoms with Gasteiger partial charge < -0.3 is 0 Å². The van der Waals surface area contributed by atoms with Crippen LogP contribution in [0.4, 0.5) is 13.2 Å². The van der Waals surface area contributed by atoms with E-state index < -0.39 is 15.6 Å². The first kappa shape index (κ1) is 12.2. The van der Waals surface area contributed by atoms with Crippen LogP contribution in [0.15, 0.2) is 0 Å². The molecule has 0 spiro atoms. The van der Waals surface area contributed by atoms with E-state index in [0.29, 0.717) is 0 Å². The van der Waals surface area contributed by atoms with Crippen molar-refractivity contribution in [1.29, 1.82) is 0 Å². The van der Waals surface area contributed by atoms with E-state index in [1.54, 1.807) is 0 Å². The van der Waals surface area contributed by atoms with Crippen LogP contribution in [0.25, 0.3) is 0 Å². The molecule has 0 heterocycles. The molecule has 1 N–H and O–H groups in total. The molecule has 0 fully saturated rings. The molecule has 0 bridgehead atoms. The van der Waals surface area contributed by atoms with E-state index in [-0.39, 0.29) is 23.9 Å². The summed E-state index contributed by atoms with van der Waals surface area (Å²) in [6, 6.07) is 0. The second kappa shape index (κ2) is 3.06. The molecule has 0 rings (SSSR count). The summed E-state index contributed by atoms with van der Waals surface area (Å²) in [5.41, 5.74) is -5.53. The second-order valence-electron chi connectivity index (χ2n) is 0.921. The summed E-state index contributed by atoms with van der Waals surface area (Å²) in [5, 5.41) is 0. The molecule has 2 radical (unpaired) electrons. The van der Waals surface area contributed by atoms with Gasteiger partial charge in [0.1, 0.15) is 0 Å². The van der Waals surface area contributed by atoms with E-state index in [4.69, 9.17) is 13.0 Å². The normalized spacial score (nSPS) is 12.4. The average molecular weight is 271 g/mol. The fourth-order valence-electron chi connectivity index (χ4n) is 0. The first-order chi connectivity index (χ1) is 3.25. The van der Waals surface area contributed by atoms with Gasteiger partial charge >= 0.3 is 39.5 Å². The van der Waals surface area contributed by atoms with Gasteiger partial charge in [0.2, 0.25) is 0 Å². The van der Waals surface area contributed by atoms with Gasteiger partial charge in [-0.25, -0.2) is 0 Å². The van der Waals surface area contributed by atoms with Crippen LogP contribution in [-0.2, 0) is 10.1 Å². The summed E-state index contributed by atoms with van der Waals surface area (Å²) in [4.78, 5) is 0. The Morgan fingerprint density at radius 1 is 1.22 bits per heavy atom. The fourth-order valence-corrected chi connectivity index (χ4v) is 0. The standard InChI is InChI=1S/CHF3O3S.Sn.2H/c2-1(3,4)8(5,6)7;;;/h(H,5,6,7);;;. The Hall–Kier alpha value is 0.499. The zero-order chi connectivity index (χ0) is 7.00.